The van der Waals surface area contributed by atoms with Crippen molar-refractivity contribution >= 4 is 27.6 Å². The van der Waals surface area contributed by atoms with Gasteiger partial charge in [-0.15, -0.1) is 0 Å². The minimum atomic E-state index is -5.41. The number of hydrogen-bond acceptors (Lipinski definition) is 15. The van der Waals surface area contributed by atoms with E-state index in [2.05, 4.69) is 85.2 Å². The third kappa shape index (κ3) is 32.7. The highest BCUT2D eigenvalue weighted by molar-refractivity contribution is 7.47. The van der Waals surface area contributed by atoms with Crippen LogP contribution in [-0.4, -0.2) is 125 Å². The topological polar surface area (TPSA) is 296 Å². The normalized spacial score (nSPS) is 22.8. The Labute approximate surface area is 409 Å². The van der Waals surface area contributed by atoms with E-state index in [1.54, 1.807) is 6.08 Å². The molecule has 0 bridgehead atoms. The molecule has 0 aromatic heterocycles. The van der Waals surface area contributed by atoms with Crippen LogP contribution in [0.1, 0.15) is 142 Å². The van der Waals surface area contributed by atoms with E-state index in [-0.39, 0.29) is 32.1 Å². The first-order chi connectivity index (χ1) is 32.9. The van der Waals surface area contributed by atoms with Gasteiger partial charge in [0.1, 0.15) is 43.2 Å². The summed E-state index contributed by atoms with van der Waals surface area (Å²) in [5.41, 5.74) is 0. The molecule has 1 saturated carbocycles. The molecule has 0 heterocycles. The zero-order valence-corrected chi connectivity index (χ0v) is 42.2. The molecule has 0 saturated heterocycles. The van der Waals surface area contributed by atoms with Crippen LogP contribution in [0.25, 0.3) is 0 Å². The summed E-state index contributed by atoms with van der Waals surface area (Å²) in [6.07, 6.45) is 25.4. The molecule has 396 valence electrons. The number of unbranched alkanes of at least 4 members (excludes halogenated alkanes) is 7. The van der Waals surface area contributed by atoms with Gasteiger partial charge in [-0.2, -0.15) is 0 Å². The molecular weight excluding hydrogens is 938 g/mol. The second-order valence-electron chi connectivity index (χ2n) is 16.8. The molecular formula is C49H82O18P2. The SMILES string of the molecule is CC/C=C\C/C=C\C/C=C\C/C=C\CCCCCCC(=O)OC[C@H](COP(=O)(O)O[C@H]1C(O)C(O)C(O)[C@@H](OP(=O)(O)O)C1O)OC(=O)CCCC(O)C(O)C/C=C\C/C=C\C/C=C\CCCCC. The smallest absolute Gasteiger partial charge is 0.462 e. The Morgan fingerprint density at radius 1 is 0.536 bits per heavy atom. The summed E-state index contributed by atoms with van der Waals surface area (Å²) in [7, 11) is -10.8. The van der Waals surface area contributed by atoms with Crippen molar-refractivity contribution in [2.75, 3.05) is 13.2 Å². The Balaban J connectivity index is 2.72. The van der Waals surface area contributed by atoms with E-state index in [0.717, 1.165) is 64.2 Å². The first kappa shape index (κ1) is 64.1. The molecule has 69 heavy (non-hydrogen) atoms. The number of phosphoric ester groups is 2. The number of esters is 2. The van der Waals surface area contributed by atoms with Crippen LogP contribution in [0, 0.1) is 0 Å². The standard InChI is InChI=1S/C49H82O18P2/c1-3-5-7-9-11-13-15-17-18-19-20-21-23-25-27-29-31-35-42(52)63-37-39(38-64-69(61,62)67-49-46(56)44(54)45(55)48(47(49)57)66-68(58,59)60)65-43(53)36-32-34-41(51)40(50)33-30-28-26-24-22-16-14-12-10-8-6-4-2/h5,7,11-14,17-18,20-22,24,28,30,39-41,44-51,54-57H,3-4,6,8-10,15-16,19,23,25-27,29,31-38H2,1-2H3,(H,61,62)(H2,58,59,60)/b7-5-,13-11-,14-12-,18-17-,21-20-,24-22-,30-28-/t39-,40?,41?,44?,45?,46?,47?,48-,49+/m1/s1. The van der Waals surface area contributed by atoms with Crippen molar-refractivity contribution in [3.05, 3.63) is 85.1 Å². The van der Waals surface area contributed by atoms with E-state index in [4.69, 9.17) is 18.5 Å². The van der Waals surface area contributed by atoms with Crippen LogP contribution in [0.4, 0.5) is 0 Å². The Bertz CT molecular complexity index is 1690. The van der Waals surface area contributed by atoms with Gasteiger partial charge in [-0.25, -0.2) is 9.13 Å². The first-order valence-electron chi connectivity index (χ1n) is 24.3. The number of rotatable bonds is 39. The van der Waals surface area contributed by atoms with Crippen LogP contribution in [0.2, 0.25) is 0 Å². The lowest BCUT2D eigenvalue weighted by molar-refractivity contribution is -0.216. The molecule has 1 fully saturated rings. The van der Waals surface area contributed by atoms with E-state index in [9.17, 15) is 64.0 Å². The lowest BCUT2D eigenvalue weighted by Gasteiger charge is -2.43. The molecule has 0 radical (unpaired) electrons. The average Bonchev–Trinajstić information content (AvgIpc) is 3.30. The molecule has 0 spiro atoms. The highest BCUT2D eigenvalue weighted by Crippen LogP contribution is 2.49. The maximum atomic E-state index is 13.0. The van der Waals surface area contributed by atoms with E-state index >= 15 is 0 Å². The number of allylic oxidation sites excluding steroid dienone is 13. The second kappa shape index (κ2) is 38.7. The van der Waals surface area contributed by atoms with Crippen molar-refractivity contribution in [2.45, 2.75) is 197 Å². The summed E-state index contributed by atoms with van der Waals surface area (Å²) >= 11 is 0. The zero-order chi connectivity index (χ0) is 51.3. The van der Waals surface area contributed by atoms with Gasteiger partial charge in [0, 0.05) is 12.8 Å². The summed E-state index contributed by atoms with van der Waals surface area (Å²) in [6, 6.07) is 0. The van der Waals surface area contributed by atoms with Gasteiger partial charge in [0.05, 0.1) is 18.8 Å². The Hall–Kier alpha value is -2.90. The van der Waals surface area contributed by atoms with Crippen molar-refractivity contribution < 1.29 is 87.1 Å². The maximum absolute atomic E-state index is 13.0. The molecule has 0 aromatic rings. The molecule has 7 unspecified atom stereocenters. The van der Waals surface area contributed by atoms with Gasteiger partial charge in [0.2, 0.25) is 0 Å². The van der Waals surface area contributed by atoms with Crippen molar-refractivity contribution in [2.24, 2.45) is 0 Å². The van der Waals surface area contributed by atoms with Crippen LogP contribution in [0.15, 0.2) is 85.1 Å². The van der Waals surface area contributed by atoms with Crippen LogP contribution >= 0.6 is 15.6 Å². The number of carbonyl (C=O) groups excluding carboxylic acids is 2. The minimum absolute atomic E-state index is 0.0210. The van der Waals surface area contributed by atoms with Crippen LogP contribution in [0.3, 0.4) is 0 Å². The van der Waals surface area contributed by atoms with Crippen LogP contribution in [0.5, 0.6) is 0 Å². The first-order valence-corrected chi connectivity index (χ1v) is 27.3. The average molecular weight is 1020 g/mol. The Morgan fingerprint density at radius 3 is 1.58 bits per heavy atom. The van der Waals surface area contributed by atoms with Crippen molar-refractivity contribution in [1.29, 1.82) is 0 Å². The lowest BCUT2D eigenvalue weighted by atomic mass is 9.85. The molecule has 9 N–H and O–H groups in total. The van der Waals surface area contributed by atoms with Crippen molar-refractivity contribution in [3.8, 4) is 0 Å². The molecule has 1 rings (SSSR count). The maximum Gasteiger partial charge on any atom is 0.472 e. The van der Waals surface area contributed by atoms with Crippen molar-refractivity contribution in [3.63, 3.8) is 0 Å². The van der Waals surface area contributed by atoms with Crippen LogP contribution < -0.4 is 0 Å². The largest absolute Gasteiger partial charge is 0.472 e. The quantitative estimate of drug-likeness (QED) is 0.0126. The zero-order valence-electron chi connectivity index (χ0n) is 40.4. The third-order valence-corrected chi connectivity index (χ3v) is 12.2. The fourth-order valence-electron chi connectivity index (χ4n) is 6.77. The second-order valence-corrected chi connectivity index (χ2v) is 19.3. The third-order valence-electron chi connectivity index (χ3n) is 10.7. The highest BCUT2D eigenvalue weighted by Gasteiger charge is 2.54. The number of aliphatic hydroxyl groups excluding tert-OH is 6. The summed E-state index contributed by atoms with van der Waals surface area (Å²) in [5, 5.41) is 62.1. The van der Waals surface area contributed by atoms with E-state index < -0.39 is 95.7 Å². The Morgan fingerprint density at radius 2 is 1.03 bits per heavy atom. The molecule has 18 nitrogen and oxygen atoms in total. The fraction of sp³-hybridized carbons (Fsp3) is 0.673. The molecule has 20 heteroatoms. The van der Waals surface area contributed by atoms with Crippen LogP contribution in [-0.2, 0) is 41.8 Å². The summed E-state index contributed by atoms with van der Waals surface area (Å²) in [4.78, 5) is 54.4. The van der Waals surface area contributed by atoms with Gasteiger partial charge in [-0.3, -0.25) is 23.2 Å². The number of phosphoric acid groups is 2. The Kier molecular flexibility index (Phi) is 36.0. The lowest BCUT2D eigenvalue weighted by Crippen LogP contribution is -2.64. The number of aliphatic hydroxyl groups is 6. The van der Waals surface area contributed by atoms with E-state index in [1.165, 1.54) is 19.3 Å². The highest BCUT2D eigenvalue weighted by atomic mass is 31.2. The van der Waals surface area contributed by atoms with Gasteiger partial charge >= 0.3 is 27.6 Å². The van der Waals surface area contributed by atoms with Gasteiger partial charge in [-0.05, 0) is 89.9 Å². The van der Waals surface area contributed by atoms with Gasteiger partial charge < -0.3 is 54.8 Å². The summed E-state index contributed by atoms with van der Waals surface area (Å²) in [5.74, 6) is -1.53. The molecule has 0 aromatic carbocycles. The van der Waals surface area contributed by atoms with E-state index in [0.29, 0.717) is 12.8 Å². The van der Waals surface area contributed by atoms with Gasteiger partial charge in [0.25, 0.3) is 0 Å². The molecule has 0 aliphatic heterocycles. The van der Waals surface area contributed by atoms with Gasteiger partial charge in [-0.1, -0.05) is 125 Å². The van der Waals surface area contributed by atoms with Crippen molar-refractivity contribution in [1.82, 2.24) is 0 Å². The molecule has 0 amide bonds. The number of hydrogen-bond donors (Lipinski definition) is 9. The molecule has 1 aliphatic rings. The summed E-state index contributed by atoms with van der Waals surface area (Å²) < 4.78 is 49.2. The number of ether oxygens (including phenoxy) is 2. The fourth-order valence-corrected chi connectivity index (χ4v) is 8.30. The number of carbonyl (C=O) groups is 2. The molecule has 1 aliphatic carbocycles. The summed E-state index contributed by atoms with van der Waals surface area (Å²) in [6.45, 7) is 2.69. The predicted octanol–water partition coefficient (Wildman–Crippen LogP) is 7.34. The van der Waals surface area contributed by atoms with Gasteiger partial charge in [0.15, 0.2) is 6.10 Å². The minimum Gasteiger partial charge on any atom is -0.462 e. The predicted molar refractivity (Wildman–Crippen MR) is 262 cm³/mol. The molecule has 10 atom stereocenters. The monoisotopic (exact) mass is 1020 g/mol. The van der Waals surface area contributed by atoms with E-state index in [1.807, 2.05) is 12.2 Å².